The average molecular weight is 399 g/mol. The Labute approximate surface area is 172 Å². The van der Waals surface area contributed by atoms with Crippen molar-refractivity contribution in [3.63, 3.8) is 0 Å². The molecule has 1 amide bonds. The Morgan fingerprint density at radius 2 is 1.66 bits per heavy atom. The summed E-state index contributed by atoms with van der Waals surface area (Å²) in [5, 5.41) is 9.48. The van der Waals surface area contributed by atoms with Crippen molar-refractivity contribution in [2.75, 3.05) is 13.1 Å². The molecule has 0 saturated carbocycles. The highest BCUT2D eigenvalue weighted by molar-refractivity contribution is 5.94. The number of benzene rings is 2. The lowest BCUT2D eigenvalue weighted by molar-refractivity contribution is 0.0939. The second-order valence-electron chi connectivity index (χ2n) is 6.98. The smallest absolute Gasteiger partial charge is 0.251 e. The molecule has 0 saturated heterocycles. The van der Waals surface area contributed by atoms with Gasteiger partial charge in [-0.25, -0.2) is 9.38 Å². The lowest BCUT2D eigenvalue weighted by Crippen LogP contribution is -2.38. The minimum absolute atomic E-state index is 0.0507. The van der Waals surface area contributed by atoms with Crippen LogP contribution in [0.15, 0.2) is 53.5 Å². The Morgan fingerprint density at radius 1 is 1.00 bits per heavy atom. The second-order valence-corrected chi connectivity index (χ2v) is 6.98. The average Bonchev–Trinajstić information content (AvgIpc) is 2.73. The summed E-state index contributed by atoms with van der Waals surface area (Å²) in [6.45, 7) is 8.03. The van der Waals surface area contributed by atoms with Crippen LogP contribution in [0.5, 0.6) is 0 Å². The molecule has 2 rings (SSSR count). The lowest BCUT2D eigenvalue weighted by atomic mass is 10.1. The molecule has 0 spiro atoms. The third kappa shape index (κ3) is 7.94. The molecule has 3 N–H and O–H groups in total. The van der Waals surface area contributed by atoms with Gasteiger partial charge in [-0.05, 0) is 62.1 Å². The van der Waals surface area contributed by atoms with E-state index in [2.05, 4.69) is 20.9 Å². The molecule has 0 bridgehead atoms. The molecule has 0 aliphatic carbocycles. The van der Waals surface area contributed by atoms with Crippen LogP contribution in [0.4, 0.5) is 4.39 Å². The molecule has 5 nitrogen and oxygen atoms in total. The van der Waals surface area contributed by atoms with E-state index < -0.39 is 0 Å². The largest absolute Gasteiger partial charge is 0.357 e. The van der Waals surface area contributed by atoms with E-state index in [9.17, 15) is 9.18 Å². The van der Waals surface area contributed by atoms with E-state index in [4.69, 9.17) is 0 Å². The monoisotopic (exact) mass is 398 g/mol. The van der Waals surface area contributed by atoms with Gasteiger partial charge in [0.1, 0.15) is 5.82 Å². The number of nitrogens with one attached hydrogen (secondary N) is 3. The third-order valence-corrected chi connectivity index (χ3v) is 4.59. The first kappa shape index (κ1) is 22.4. The van der Waals surface area contributed by atoms with E-state index in [0.29, 0.717) is 18.7 Å². The van der Waals surface area contributed by atoms with Crippen molar-refractivity contribution in [2.24, 2.45) is 4.99 Å². The number of hydrogen-bond donors (Lipinski definition) is 3. The van der Waals surface area contributed by atoms with Gasteiger partial charge < -0.3 is 16.0 Å². The zero-order valence-corrected chi connectivity index (χ0v) is 17.5. The number of halogens is 1. The summed E-state index contributed by atoms with van der Waals surface area (Å²) in [6, 6.07) is 14.2. The van der Waals surface area contributed by atoms with Gasteiger partial charge in [0.15, 0.2) is 5.96 Å². The molecule has 0 aliphatic rings. The number of rotatable bonds is 9. The molecule has 156 valence electrons. The molecule has 0 aromatic heterocycles. The van der Waals surface area contributed by atoms with E-state index in [1.54, 1.807) is 12.1 Å². The number of amides is 1. The standard InChI is InChI=1S/C23H31FN4O/c1-4-17(3)28-22(29)20-10-6-19(7-11-20)16-27-23(25-5-2)26-15-14-18-8-12-21(24)13-9-18/h6-13,17H,4-5,14-16H2,1-3H3,(H,28,29)(H2,25,26,27). The molecular formula is C23H31FN4O. The first-order valence-corrected chi connectivity index (χ1v) is 10.2. The Bertz CT molecular complexity index is 788. The van der Waals surface area contributed by atoms with E-state index >= 15 is 0 Å². The van der Waals surface area contributed by atoms with Crippen molar-refractivity contribution in [3.8, 4) is 0 Å². The van der Waals surface area contributed by atoms with Crippen LogP contribution >= 0.6 is 0 Å². The van der Waals surface area contributed by atoms with Crippen molar-refractivity contribution < 1.29 is 9.18 Å². The van der Waals surface area contributed by atoms with E-state index in [0.717, 1.165) is 36.5 Å². The van der Waals surface area contributed by atoms with E-state index in [1.807, 2.05) is 45.0 Å². The summed E-state index contributed by atoms with van der Waals surface area (Å²) in [5.74, 6) is 0.457. The fourth-order valence-electron chi connectivity index (χ4n) is 2.66. The number of nitrogens with zero attached hydrogens (tertiary/aromatic N) is 1. The minimum Gasteiger partial charge on any atom is -0.357 e. The minimum atomic E-state index is -0.222. The summed E-state index contributed by atoms with van der Waals surface area (Å²) < 4.78 is 13.0. The fourth-order valence-corrected chi connectivity index (χ4v) is 2.66. The normalized spacial score (nSPS) is 12.3. The van der Waals surface area contributed by atoms with Crippen LogP contribution in [-0.2, 0) is 13.0 Å². The van der Waals surface area contributed by atoms with Crippen molar-refractivity contribution >= 4 is 11.9 Å². The van der Waals surface area contributed by atoms with Gasteiger partial charge in [-0.1, -0.05) is 31.2 Å². The predicted molar refractivity (Wildman–Crippen MR) is 117 cm³/mol. The van der Waals surface area contributed by atoms with Crippen molar-refractivity contribution in [1.29, 1.82) is 0 Å². The van der Waals surface area contributed by atoms with Crippen molar-refractivity contribution in [2.45, 2.75) is 46.2 Å². The highest BCUT2D eigenvalue weighted by Crippen LogP contribution is 2.07. The van der Waals surface area contributed by atoms with Crippen molar-refractivity contribution in [3.05, 3.63) is 71.0 Å². The van der Waals surface area contributed by atoms with Gasteiger partial charge in [0.25, 0.3) is 5.91 Å². The zero-order chi connectivity index (χ0) is 21.1. The van der Waals surface area contributed by atoms with Gasteiger partial charge >= 0.3 is 0 Å². The number of carbonyl (C=O) groups is 1. The third-order valence-electron chi connectivity index (χ3n) is 4.59. The Morgan fingerprint density at radius 3 is 2.28 bits per heavy atom. The molecule has 0 heterocycles. The quantitative estimate of drug-likeness (QED) is 0.446. The number of guanidine groups is 1. The van der Waals surface area contributed by atoms with Gasteiger partial charge in [0.2, 0.25) is 0 Å². The predicted octanol–water partition coefficient (Wildman–Crippen LogP) is 3.65. The van der Waals surface area contributed by atoms with Gasteiger partial charge in [-0.2, -0.15) is 0 Å². The summed E-state index contributed by atoms with van der Waals surface area (Å²) in [6.07, 6.45) is 1.69. The van der Waals surface area contributed by atoms with Crippen molar-refractivity contribution in [1.82, 2.24) is 16.0 Å². The molecule has 2 aromatic rings. The summed E-state index contributed by atoms with van der Waals surface area (Å²) in [7, 11) is 0. The topological polar surface area (TPSA) is 65.5 Å². The van der Waals surface area contributed by atoms with E-state index in [1.165, 1.54) is 12.1 Å². The Hall–Kier alpha value is -2.89. The fraction of sp³-hybridized carbons (Fsp3) is 0.391. The SMILES string of the molecule is CCNC(=NCc1ccc(C(=O)NC(C)CC)cc1)NCCc1ccc(F)cc1. The summed E-state index contributed by atoms with van der Waals surface area (Å²) in [4.78, 5) is 16.7. The van der Waals surface area contributed by atoms with Gasteiger partial charge in [-0.15, -0.1) is 0 Å². The molecule has 0 radical (unpaired) electrons. The molecule has 0 fully saturated rings. The first-order valence-electron chi connectivity index (χ1n) is 10.2. The van der Waals surface area contributed by atoms with Gasteiger partial charge in [0.05, 0.1) is 6.54 Å². The Kier molecular flexibility index (Phi) is 9.15. The summed E-state index contributed by atoms with van der Waals surface area (Å²) >= 11 is 0. The maximum Gasteiger partial charge on any atom is 0.251 e. The van der Waals surface area contributed by atoms with Gasteiger partial charge in [0, 0.05) is 24.7 Å². The zero-order valence-electron chi connectivity index (χ0n) is 17.5. The second kappa shape index (κ2) is 11.8. The van der Waals surface area contributed by atoms with Crippen LogP contribution in [0, 0.1) is 5.82 Å². The molecule has 1 atom stereocenters. The van der Waals surface area contributed by atoms with Crippen LogP contribution in [0.3, 0.4) is 0 Å². The lowest BCUT2D eigenvalue weighted by Gasteiger charge is -2.12. The van der Waals surface area contributed by atoms with Crippen LogP contribution in [0.2, 0.25) is 0 Å². The number of carbonyl (C=O) groups excluding carboxylic acids is 1. The van der Waals surface area contributed by atoms with Crippen LogP contribution in [0.1, 0.15) is 48.7 Å². The van der Waals surface area contributed by atoms with Crippen LogP contribution in [0.25, 0.3) is 0 Å². The molecule has 29 heavy (non-hydrogen) atoms. The number of aliphatic imine (C=N–C) groups is 1. The molecule has 6 heteroatoms. The van der Waals surface area contributed by atoms with Crippen LogP contribution in [-0.4, -0.2) is 31.0 Å². The van der Waals surface area contributed by atoms with E-state index in [-0.39, 0.29) is 17.8 Å². The Balaban J connectivity index is 1.88. The highest BCUT2D eigenvalue weighted by Gasteiger charge is 2.08. The molecule has 1 unspecified atom stereocenters. The molecule has 0 aliphatic heterocycles. The molecular weight excluding hydrogens is 367 g/mol. The number of hydrogen-bond acceptors (Lipinski definition) is 2. The molecule has 2 aromatic carbocycles. The highest BCUT2D eigenvalue weighted by atomic mass is 19.1. The maximum atomic E-state index is 13.0. The summed E-state index contributed by atoms with van der Waals surface area (Å²) in [5.41, 5.74) is 2.75. The van der Waals surface area contributed by atoms with Gasteiger partial charge in [-0.3, -0.25) is 4.79 Å². The maximum absolute atomic E-state index is 13.0. The first-order chi connectivity index (χ1) is 14.0. The van der Waals surface area contributed by atoms with Crippen LogP contribution < -0.4 is 16.0 Å².